The molecule has 0 atom stereocenters. The summed E-state index contributed by atoms with van der Waals surface area (Å²) in [4.78, 5) is 10.5. The topological polar surface area (TPSA) is 78.4 Å². The lowest BCUT2D eigenvalue weighted by Crippen LogP contribution is -2.48. The molecule has 1 saturated heterocycles. The number of hydrogen-bond donors (Lipinski definition) is 1. The molecule has 1 aromatic carbocycles. The van der Waals surface area contributed by atoms with Crippen molar-refractivity contribution in [2.24, 2.45) is 0 Å². The number of halogens is 1. The smallest absolute Gasteiger partial charge is 0.243 e. The first-order valence-electron chi connectivity index (χ1n) is 8.07. The summed E-state index contributed by atoms with van der Waals surface area (Å²) >= 11 is 0. The first kappa shape index (κ1) is 17.6. The molecule has 9 heteroatoms. The van der Waals surface area contributed by atoms with Crippen LogP contribution in [0.1, 0.15) is 6.92 Å². The highest BCUT2D eigenvalue weighted by molar-refractivity contribution is 7.89. The van der Waals surface area contributed by atoms with Gasteiger partial charge in [0.25, 0.3) is 0 Å². The Balaban J connectivity index is 1.69. The van der Waals surface area contributed by atoms with Crippen LogP contribution in [-0.4, -0.2) is 55.4 Å². The summed E-state index contributed by atoms with van der Waals surface area (Å²) in [7, 11) is -3.61. The van der Waals surface area contributed by atoms with Crippen molar-refractivity contribution in [1.29, 1.82) is 0 Å². The fraction of sp³-hybridized carbons (Fsp3) is 0.375. The average molecular weight is 365 g/mol. The molecule has 1 aliphatic rings. The summed E-state index contributed by atoms with van der Waals surface area (Å²) in [6.45, 7) is 4.51. The number of benzene rings is 1. The average Bonchev–Trinajstić information content (AvgIpc) is 2.63. The van der Waals surface area contributed by atoms with Crippen LogP contribution in [0.3, 0.4) is 0 Å². The molecule has 3 rings (SSSR count). The molecule has 2 aromatic rings. The third-order valence-corrected chi connectivity index (χ3v) is 5.94. The van der Waals surface area contributed by atoms with Crippen LogP contribution >= 0.6 is 0 Å². The summed E-state index contributed by atoms with van der Waals surface area (Å²) in [5.74, 6) is 1.06. The van der Waals surface area contributed by atoms with E-state index in [9.17, 15) is 12.8 Å². The van der Waals surface area contributed by atoms with Crippen LogP contribution in [-0.2, 0) is 10.0 Å². The van der Waals surface area contributed by atoms with Crippen LogP contribution in [0.5, 0.6) is 0 Å². The molecule has 7 nitrogen and oxygen atoms in total. The standard InChI is InChI=1S/C16H20FN5O2S/c1-2-18-15-11-16(20-12-19-15)21-7-9-22(10-8-21)25(23,24)14-5-3-13(17)4-6-14/h3-6,11-12H,2,7-10H2,1H3,(H,18,19,20). The minimum atomic E-state index is -3.61. The molecule has 25 heavy (non-hydrogen) atoms. The van der Waals surface area contributed by atoms with E-state index in [4.69, 9.17) is 0 Å². The van der Waals surface area contributed by atoms with Gasteiger partial charge in [0.15, 0.2) is 0 Å². The molecule has 1 fully saturated rings. The van der Waals surface area contributed by atoms with Crippen LogP contribution in [0.15, 0.2) is 41.6 Å². The molecular formula is C16H20FN5O2S. The first-order chi connectivity index (χ1) is 12.0. The molecule has 1 aliphatic heterocycles. The van der Waals surface area contributed by atoms with Gasteiger partial charge in [-0.1, -0.05) is 0 Å². The number of aromatic nitrogens is 2. The van der Waals surface area contributed by atoms with E-state index in [1.165, 1.54) is 22.8 Å². The Hall–Kier alpha value is -2.26. The molecular weight excluding hydrogens is 345 g/mol. The summed E-state index contributed by atoms with van der Waals surface area (Å²) in [6, 6.07) is 6.76. The predicted molar refractivity (Wildman–Crippen MR) is 93.6 cm³/mol. The summed E-state index contributed by atoms with van der Waals surface area (Å²) in [5, 5.41) is 3.13. The molecule has 0 unspecified atom stereocenters. The highest BCUT2D eigenvalue weighted by Crippen LogP contribution is 2.21. The van der Waals surface area contributed by atoms with Gasteiger partial charge in [0.2, 0.25) is 10.0 Å². The fourth-order valence-electron chi connectivity index (χ4n) is 2.71. The van der Waals surface area contributed by atoms with Crippen molar-refractivity contribution in [1.82, 2.24) is 14.3 Å². The van der Waals surface area contributed by atoms with Crippen LogP contribution in [0.25, 0.3) is 0 Å². The van der Waals surface area contributed by atoms with Crippen LogP contribution in [0.4, 0.5) is 16.0 Å². The second-order valence-corrected chi connectivity index (χ2v) is 7.57. The SMILES string of the molecule is CCNc1cc(N2CCN(S(=O)(=O)c3ccc(F)cc3)CC2)ncn1. The first-order valence-corrected chi connectivity index (χ1v) is 9.51. The van der Waals surface area contributed by atoms with Crippen molar-refractivity contribution < 1.29 is 12.8 Å². The summed E-state index contributed by atoms with van der Waals surface area (Å²) in [5.41, 5.74) is 0. The van der Waals surface area contributed by atoms with Crippen molar-refractivity contribution in [2.75, 3.05) is 42.9 Å². The van der Waals surface area contributed by atoms with E-state index in [0.29, 0.717) is 26.2 Å². The maximum Gasteiger partial charge on any atom is 0.243 e. The summed E-state index contributed by atoms with van der Waals surface area (Å²) in [6.07, 6.45) is 1.49. The highest BCUT2D eigenvalue weighted by Gasteiger charge is 2.29. The van der Waals surface area contributed by atoms with Crippen LogP contribution in [0, 0.1) is 5.82 Å². The number of nitrogens with zero attached hydrogens (tertiary/aromatic N) is 4. The summed E-state index contributed by atoms with van der Waals surface area (Å²) < 4.78 is 39.7. The lowest BCUT2D eigenvalue weighted by atomic mass is 10.3. The van der Waals surface area contributed by atoms with E-state index in [2.05, 4.69) is 15.3 Å². The predicted octanol–water partition coefficient (Wildman–Crippen LogP) is 1.56. The second kappa shape index (κ2) is 7.32. The maximum atomic E-state index is 13.0. The minimum Gasteiger partial charge on any atom is -0.370 e. The van der Waals surface area contributed by atoms with Crippen molar-refractivity contribution in [3.05, 3.63) is 42.5 Å². The van der Waals surface area contributed by atoms with Gasteiger partial charge in [-0.3, -0.25) is 0 Å². The molecule has 1 aromatic heterocycles. The number of piperazine rings is 1. The Kier molecular flexibility index (Phi) is 5.14. The highest BCUT2D eigenvalue weighted by atomic mass is 32.2. The Labute approximate surface area is 146 Å². The van der Waals surface area contributed by atoms with Gasteiger partial charge in [-0.2, -0.15) is 4.31 Å². The van der Waals surface area contributed by atoms with Gasteiger partial charge in [-0.15, -0.1) is 0 Å². The van der Waals surface area contributed by atoms with E-state index >= 15 is 0 Å². The second-order valence-electron chi connectivity index (χ2n) is 5.64. The normalized spacial score (nSPS) is 16.0. The largest absolute Gasteiger partial charge is 0.370 e. The zero-order valence-electron chi connectivity index (χ0n) is 13.9. The number of sulfonamides is 1. The number of hydrogen-bond acceptors (Lipinski definition) is 6. The van der Waals surface area contributed by atoms with Gasteiger partial charge in [0.05, 0.1) is 4.90 Å². The monoisotopic (exact) mass is 365 g/mol. The molecule has 0 amide bonds. The molecule has 0 radical (unpaired) electrons. The molecule has 0 saturated carbocycles. The molecule has 0 spiro atoms. The van der Waals surface area contributed by atoms with Crippen molar-refractivity contribution in [2.45, 2.75) is 11.8 Å². The van der Waals surface area contributed by atoms with E-state index < -0.39 is 15.8 Å². The zero-order chi connectivity index (χ0) is 17.9. The zero-order valence-corrected chi connectivity index (χ0v) is 14.7. The Morgan fingerprint density at radius 2 is 1.80 bits per heavy atom. The van der Waals surface area contributed by atoms with Gasteiger partial charge in [0.1, 0.15) is 23.8 Å². The number of anilines is 2. The Morgan fingerprint density at radius 1 is 1.12 bits per heavy atom. The van der Waals surface area contributed by atoms with Gasteiger partial charge in [-0.25, -0.2) is 22.8 Å². The lowest BCUT2D eigenvalue weighted by molar-refractivity contribution is 0.383. The van der Waals surface area contributed by atoms with Gasteiger partial charge < -0.3 is 10.2 Å². The van der Waals surface area contributed by atoms with E-state index in [0.717, 1.165) is 30.3 Å². The Morgan fingerprint density at radius 3 is 2.44 bits per heavy atom. The van der Waals surface area contributed by atoms with Crippen molar-refractivity contribution in [3.8, 4) is 0 Å². The molecule has 0 bridgehead atoms. The lowest BCUT2D eigenvalue weighted by Gasteiger charge is -2.34. The molecule has 134 valence electrons. The number of nitrogens with one attached hydrogen (secondary N) is 1. The van der Waals surface area contributed by atoms with Gasteiger partial charge in [0, 0.05) is 38.8 Å². The Bertz CT molecular complexity index is 821. The van der Waals surface area contributed by atoms with Crippen molar-refractivity contribution >= 4 is 21.7 Å². The fourth-order valence-corrected chi connectivity index (χ4v) is 4.13. The van der Waals surface area contributed by atoms with Crippen LogP contribution < -0.4 is 10.2 Å². The molecule has 1 N–H and O–H groups in total. The third kappa shape index (κ3) is 3.88. The van der Waals surface area contributed by atoms with E-state index in [1.54, 1.807) is 0 Å². The molecule has 0 aliphatic carbocycles. The number of rotatable bonds is 5. The third-order valence-electron chi connectivity index (χ3n) is 4.02. The maximum absolute atomic E-state index is 13.0. The molecule has 2 heterocycles. The quantitative estimate of drug-likeness (QED) is 0.866. The van der Waals surface area contributed by atoms with E-state index in [1.807, 2.05) is 17.9 Å². The van der Waals surface area contributed by atoms with E-state index in [-0.39, 0.29) is 4.90 Å². The van der Waals surface area contributed by atoms with Crippen LogP contribution in [0.2, 0.25) is 0 Å². The van der Waals surface area contributed by atoms with Crippen molar-refractivity contribution in [3.63, 3.8) is 0 Å². The van der Waals surface area contributed by atoms with Gasteiger partial charge in [-0.05, 0) is 31.2 Å². The van der Waals surface area contributed by atoms with Gasteiger partial charge >= 0.3 is 0 Å². The minimum absolute atomic E-state index is 0.110.